The van der Waals surface area contributed by atoms with Gasteiger partial charge in [-0.15, -0.1) is 0 Å². The van der Waals surface area contributed by atoms with Crippen LogP contribution in [-0.2, 0) is 0 Å². The fourth-order valence-electron chi connectivity index (χ4n) is 1.22. The molecular weight excluding hydrogens is 136 g/mol. The molecule has 62 valence electrons. The third kappa shape index (κ3) is 2.09. The van der Waals surface area contributed by atoms with Crippen molar-refractivity contribution in [3.05, 3.63) is 24.9 Å². The average Bonchev–Trinajstić information content (AvgIpc) is 2.05. The van der Waals surface area contributed by atoms with Crippen molar-refractivity contribution in [2.24, 2.45) is 0 Å². The molecule has 0 amide bonds. The van der Waals surface area contributed by atoms with Crippen molar-refractivity contribution in [3.8, 4) is 0 Å². The summed E-state index contributed by atoms with van der Waals surface area (Å²) in [6, 6.07) is 0. The van der Waals surface area contributed by atoms with Gasteiger partial charge < -0.3 is 9.80 Å². The molecule has 0 aliphatic carbocycles. The van der Waals surface area contributed by atoms with E-state index in [1.165, 1.54) is 0 Å². The lowest BCUT2D eigenvalue weighted by Gasteiger charge is -2.34. The fraction of sp³-hybridized carbons (Fsp3) is 0.556. The summed E-state index contributed by atoms with van der Waals surface area (Å²) >= 11 is 0. The summed E-state index contributed by atoms with van der Waals surface area (Å²) in [5.74, 6) is 0. The van der Waals surface area contributed by atoms with E-state index in [4.69, 9.17) is 0 Å². The number of rotatable bonds is 2. The first-order valence-electron chi connectivity index (χ1n) is 3.99. The summed E-state index contributed by atoms with van der Waals surface area (Å²) in [6.07, 6.45) is 1.82. The van der Waals surface area contributed by atoms with E-state index >= 15 is 0 Å². The van der Waals surface area contributed by atoms with Crippen LogP contribution in [0.5, 0.6) is 0 Å². The summed E-state index contributed by atoms with van der Waals surface area (Å²) in [6.45, 7) is 12.0. The molecule has 0 bridgehead atoms. The van der Waals surface area contributed by atoms with Gasteiger partial charge in [-0.25, -0.2) is 0 Å². The molecule has 2 nitrogen and oxygen atoms in total. The van der Waals surface area contributed by atoms with Gasteiger partial charge in [0.1, 0.15) is 0 Å². The number of nitrogens with zero attached hydrogens (tertiary/aromatic N) is 2. The SMILES string of the molecule is C=CC(=C)N1CCN(C)CC1. The summed E-state index contributed by atoms with van der Waals surface area (Å²) in [5.41, 5.74) is 1.05. The highest BCUT2D eigenvalue weighted by Gasteiger charge is 2.12. The highest BCUT2D eigenvalue weighted by Crippen LogP contribution is 2.06. The Morgan fingerprint density at radius 1 is 1.27 bits per heavy atom. The number of piperazine rings is 1. The Kier molecular flexibility index (Phi) is 2.71. The minimum atomic E-state index is 1.05. The molecule has 0 aromatic heterocycles. The van der Waals surface area contributed by atoms with Crippen LogP contribution < -0.4 is 0 Å². The maximum Gasteiger partial charge on any atom is 0.0306 e. The highest BCUT2D eigenvalue weighted by molar-refractivity contribution is 5.10. The van der Waals surface area contributed by atoms with E-state index in [1.54, 1.807) is 0 Å². The van der Waals surface area contributed by atoms with E-state index in [1.807, 2.05) is 6.08 Å². The van der Waals surface area contributed by atoms with Crippen molar-refractivity contribution in [3.63, 3.8) is 0 Å². The molecule has 1 saturated heterocycles. The van der Waals surface area contributed by atoms with Crippen molar-refractivity contribution in [1.82, 2.24) is 9.80 Å². The standard InChI is InChI=1S/C9H16N2/c1-4-9(2)11-7-5-10(3)6-8-11/h4H,1-2,5-8H2,3H3. The van der Waals surface area contributed by atoms with Gasteiger partial charge in [0.25, 0.3) is 0 Å². The van der Waals surface area contributed by atoms with E-state index in [9.17, 15) is 0 Å². The monoisotopic (exact) mass is 152 g/mol. The number of allylic oxidation sites excluding steroid dienone is 1. The normalized spacial score (nSPS) is 19.9. The van der Waals surface area contributed by atoms with Crippen molar-refractivity contribution >= 4 is 0 Å². The minimum absolute atomic E-state index is 1.05. The molecule has 0 aromatic rings. The summed E-state index contributed by atoms with van der Waals surface area (Å²) < 4.78 is 0. The second-order valence-corrected chi connectivity index (χ2v) is 2.99. The van der Waals surface area contributed by atoms with Crippen LogP contribution in [0.2, 0.25) is 0 Å². The van der Waals surface area contributed by atoms with Crippen molar-refractivity contribution in [2.45, 2.75) is 0 Å². The Morgan fingerprint density at radius 3 is 2.27 bits per heavy atom. The van der Waals surface area contributed by atoms with Crippen LogP contribution in [0.15, 0.2) is 24.9 Å². The Balaban J connectivity index is 2.38. The van der Waals surface area contributed by atoms with E-state index in [0.717, 1.165) is 31.9 Å². The lowest BCUT2D eigenvalue weighted by atomic mass is 10.3. The first kappa shape index (κ1) is 8.34. The predicted molar refractivity (Wildman–Crippen MR) is 48.4 cm³/mol. The van der Waals surface area contributed by atoms with Gasteiger partial charge in [-0.1, -0.05) is 13.2 Å². The van der Waals surface area contributed by atoms with Crippen LogP contribution in [0.1, 0.15) is 0 Å². The van der Waals surface area contributed by atoms with Crippen LogP contribution in [-0.4, -0.2) is 43.0 Å². The van der Waals surface area contributed by atoms with Crippen LogP contribution >= 0.6 is 0 Å². The molecule has 0 saturated carbocycles. The third-order valence-corrected chi connectivity index (χ3v) is 2.15. The molecule has 1 aliphatic rings. The molecule has 1 rings (SSSR count). The molecule has 0 radical (unpaired) electrons. The Labute approximate surface area is 68.8 Å². The Hall–Kier alpha value is -0.760. The van der Waals surface area contributed by atoms with Gasteiger partial charge in [-0.3, -0.25) is 0 Å². The number of hydrogen-bond donors (Lipinski definition) is 0. The number of likely N-dealkylation sites (N-methyl/N-ethyl adjacent to an activating group) is 1. The van der Waals surface area contributed by atoms with Crippen LogP contribution in [0.25, 0.3) is 0 Å². The zero-order chi connectivity index (χ0) is 8.27. The highest BCUT2D eigenvalue weighted by atomic mass is 15.2. The molecule has 11 heavy (non-hydrogen) atoms. The molecule has 0 aromatic carbocycles. The summed E-state index contributed by atoms with van der Waals surface area (Å²) in [4.78, 5) is 4.60. The number of hydrogen-bond acceptors (Lipinski definition) is 2. The van der Waals surface area contributed by atoms with Crippen molar-refractivity contribution < 1.29 is 0 Å². The van der Waals surface area contributed by atoms with E-state index in [-0.39, 0.29) is 0 Å². The second kappa shape index (κ2) is 3.58. The molecule has 0 unspecified atom stereocenters. The zero-order valence-electron chi connectivity index (χ0n) is 7.21. The molecule has 1 heterocycles. The fourth-order valence-corrected chi connectivity index (χ4v) is 1.22. The predicted octanol–water partition coefficient (Wildman–Crippen LogP) is 0.933. The first-order chi connectivity index (χ1) is 5.24. The van der Waals surface area contributed by atoms with Gasteiger partial charge in [-0.05, 0) is 13.1 Å². The molecule has 0 N–H and O–H groups in total. The summed E-state index contributed by atoms with van der Waals surface area (Å²) in [5, 5.41) is 0. The third-order valence-electron chi connectivity index (χ3n) is 2.15. The van der Waals surface area contributed by atoms with Crippen molar-refractivity contribution in [1.29, 1.82) is 0 Å². The first-order valence-corrected chi connectivity index (χ1v) is 3.99. The van der Waals surface area contributed by atoms with Gasteiger partial charge in [0, 0.05) is 31.9 Å². The minimum Gasteiger partial charge on any atom is -0.369 e. The lowest BCUT2D eigenvalue weighted by molar-refractivity contribution is 0.191. The van der Waals surface area contributed by atoms with E-state index in [0.29, 0.717) is 0 Å². The zero-order valence-corrected chi connectivity index (χ0v) is 7.21. The molecule has 1 aliphatic heterocycles. The van der Waals surface area contributed by atoms with Gasteiger partial charge in [0.15, 0.2) is 0 Å². The maximum absolute atomic E-state index is 3.91. The Morgan fingerprint density at radius 2 is 1.82 bits per heavy atom. The van der Waals surface area contributed by atoms with Gasteiger partial charge in [0.2, 0.25) is 0 Å². The van der Waals surface area contributed by atoms with Gasteiger partial charge in [-0.2, -0.15) is 0 Å². The Bertz CT molecular complexity index is 155. The molecule has 0 atom stereocenters. The molecular formula is C9H16N2. The van der Waals surface area contributed by atoms with Gasteiger partial charge >= 0.3 is 0 Å². The summed E-state index contributed by atoms with van der Waals surface area (Å²) in [7, 11) is 2.15. The van der Waals surface area contributed by atoms with Crippen molar-refractivity contribution in [2.75, 3.05) is 33.2 Å². The average molecular weight is 152 g/mol. The quantitative estimate of drug-likeness (QED) is 0.543. The van der Waals surface area contributed by atoms with E-state index in [2.05, 4.69) is 30.0 Å². The second-order valence-electron chi connectivity index (χ2n) is 2.99. The van der Waals surface area contributed by atoms with Gasteiger partial charge in [0.05, 0.1) is 0 Å². The van der Waals surface area contributed by atoms with Crippen LogP contribution in [0, 0.1) is 0 Å². The molecule has 1 fully saturated rings. The topological polar surface area (TPSA) is 6.48 Å². The largest absolute Gasteiger partial charge is 0.369 e. The molecule has 0 spiro atoms. The molecule has 2 heteroatoms. The van der Waals surface area contributed by atoms with Crippen LogP contribution in [0.3, 0.4) is 0 Å². The maximum atomic E-state index is 3.91. The van der Waals surface area contributed by atoms with Crippen LogP contribution in [0.4, 0.5) is 0 Å². The smallest absolute Gasteiger partial charge is 0.0306 e. The van der Waals surface area contributed by atoms with E-state index < -0.39 is 0 Å². The lowest BCUT2D eigenvalue weighted by Crippen LogP contribution is -2.43.